The molecule has 0 fully saturated rings. The minimum atomic E-state index is -0.285. The van der Waals surface area contributed by atoms with Gasteiger partial charge in [0.05, 0.1) is 6.07 Å². The lowest BCUT2D eigenvalue weighted by molar-refractivity contribution is 0.631. The molecule has 0 aliphatic carbocycles. The predicted octanol–water partition coefficient (Wildman–Crippen LogP) is 3.19. The molecule has 0 bridgehead atoms. The molecular weight excluding hydrogens is 237 g/mol. The normalized spacial score (nSPS) is 10.1. The fraction of sp³-hybridized carbons (Fsp3) is 0.250. The molecule has 0 amide bonds. The van der Waals surface area contributed by atoms with E-state index in [9.17, 15) is 4.39 Å². The van der Waals surface area contributed by atoms with E-state index in [1.54, 1.807) is 18.2 Å². The molecule has 0 radical (unpaired) electrons. The van der Waals surface area contributed by atoms with E-state index < -0.39 is 0 Å². The van der Waals surface area contributed by atoms with Gasteiger partial charge in [-0.1, -0.05) is 23.5 Å². The molecule has 1 aromatic carbocycles. The molecule has 86 valence electrons. The molecule has 5 heteroatoms. The second-order valence-corrected chi connectivity index (χ2v) is 4.55. The SMILES string of the molecule is N#CCCCc1nnc(-c2ccccc2F)s1. The van der Waals surface area contributed by atoms with E-state index in [1.165, 1.54) is 17.4 Å². The number of nitrogens with zero attached hydrogens (tertiary/aromatic N) is 3. The van der Waals surface area contributed by atoms with Crippen LogP contribution in [0.2, 0.25) is 0 Å². The Bertz CT molecular complexity index is 545. The highest BCUT2D eigenvalue weighted by Gasteiger charge is 2.10. The Morgan fingerprint density at radius 1 is 1.29 bits per heavy atom. The van der Waals surface area contributed by atoms with Crippen LogP contribution in [0.25, 0.3) is 10.6 Å². The van der Waals surface area contributed by atoms with Gasteiger partial charge in [0.1, 0.15) is 10.8 Å². The molecule has 1 aromatic heterocycles. The highest BCUT2D eigenvalue weighted by Crippen LogP contribution is 2.26. The fourth-order valence-electron chi connectivity index (χ4n) is 1.42. The maximum Gasteiger partial charge on any atom is 0.150 e. The second-order valence-electron chi connectivity index (χ2n) is 3.49. The zero-order chi connectivity index (χ0) is 12.1. The van der Waals surface area contributed by atoms with E-state index >= 15 is 0 Å². The molecule has 3 nitrogen and oxygen atoms in total. The Hall–Kier alpha value is -1.80. The number of halogens is 1. The van der Waals surface area contributed by atoms with Crippen LogP contribution in [-0.4, -0.2) is 10.2 Å². The van der Waals surface area contributed by atoms with Crippen molar-refractivity contribution < 1.29 is 4.39 Å². The molecule has 0 saturated carbocycles. The summed E-state index contributed by atoms with van der Waals surface area (Å²) in [6, 6.07) is 8.60. The quantitative estimate of drug-likeness (QED) is 0.779. The molecule has 0 spiro atoms. The number of aryl methyl sites for hydroxylation is 1. The van der Waals surface area contributed by atoms with Crippen molar-refractivity contribution in [3.63, 3.8) is 0 Å². The van der Waals surface area contributed by atoms with Gasteiger partial charge in [-0.25, -0.2) is 4.39 Å². The van der Waals surface area contributed by atoms with E-state index in [0.717, 1.165) is 17.8 Å². The summed E-state index contributed by atoms with van der Waals surface area (Å²) in [5, 5.41) is 17.8. The smallest absolute Gasteiger partial charge is 0.150 e. The van der Waals surface area contributed by atoms with E-state index in [0.29, 0.717) is 17.0 Å². The summed E-state index contributed by atoms with van der Waals surface area (Å²) >= 11 is 1.38. The maximum atomic E-state index is 13.5. The summed E-state index contributed by atoms with van der Waals surface area (Å²) in [5.74, 6) is -0.285. The Labute approximate surface area is 103 Å². The van der Waals surface area contributed by atoms with Gasteiger partial charge in [-0.2, -0.15) is 5.26 Å². The van der Waals surface area contributed by atoms with Gasteiger partial charge in [0.15, 0.2) is 5.01 Å². The van der Waals surface area contributed by atoms with E-state index in [-0.39, 0.29) is 5.82 Å². The third-order valence-electron chi connectivity index (χ3n) is 2.25. The number of hydrogen-bond acceptors (Lipinski definition) is 4. The van der Waals surface area contributed by atoms with Gasteiger partial charge in [-0.3, -0.25) is 0 Å². The summed E-state index contributed by atoms with van der Waals surface area (Å²) in [5.41, 5.74) is 0.483. The van der Waals surface area contributed by atoms with Gasteiger partial charge in [0.25, 0.3) is 0 Å². The van der Waals surface area contributed by atoms with Crippen molar-refractivity contribution in [1.82, 2.24) is 10.2 Å². The average Bonchev–Trinajstić information content (AvgIpc) is 2.79. The van der Waals surface area contributed by atoms with Gasteiger partial charge in [-0.05, 0) is 18.6 Å². The lowest BCUT2D eigenvalue weighted by Crippen LogP contribution is -1.83. The minimum absolute atomic E-state index is 0.285. The lowest BCUT2D eigenvalue weighted by atomic mass is 10.2. The van der Waals surface area contributed by atoms with Crippen molar-refractivity contribution in [1.29, 1.82) is 5.26 Å². The zero-order valence-electron chi connectivity index (χ0n) is 9.06. The molecule has 17 heavy (non-hydrogen) atoms. The van der Waals surface area contributed by atoms with Gasteiger partial charge < -0.3 is 0 Å². The average molecular weight is 247 g/mol. The summed E-state index contributed by atoms with van der Waals surface area (Å²) in [4.78, 5) is 0. The topological polar surface area (TPSA) is 49.6 Å². The van der Waals surface area contributed by atoms with E-state index in [2.05, 4.69) is 16.3 Å². The molecule has 2 aromatic rings. The molecule has 0 aliphatic heterocycles. The standard InChI is InChI=1S/C12H10FN3S/c13-10-6-2-1-5-9(10)12-16-15-11(17-12)7-3-4-8-14/h1-2,5-6H,3-4,7H2. The van der Waals surface area contributed by atoms with Gasteiger partial charge >= 0.3 is 0 Å². The first-order valence-electron chi connectivity index (χ1n) is 5.25. The molecule has 0 aliphatic rings. The summed E-state index contributed by atoms with van der Waals surface area (Å²) in [7, 11) is 0. The van der Waals surface area contributed by atoms with E-state index in [1.807, 2.05) is 0 Å². The monoisotopic (exact) mass is 247 g/mol. The summed E-state index contributed by atoms with van der Waals surface area (Å²) in [6.45, 7) is 0. The van der Waals surface area contributed by atoms with Gasteiger partial charge in [0, 0.05) is 18.4 Å². The number of hydrogen-bond donors (Lipinski definition) is 0. The number of benzene rings is 1. The first-order valence-corrected chi connectivity index (χ1v) is 6.07. The van der Waals surface area contributed by atoms with Crippen molar-refractivity contribution >= 4 is 11.3 Å². The lowest BCUT2D eigenvalue weighted by Gasteiger charge is -1.95. The number of unbranched alkanes of at least 4 members (excludes halogenated alkanes) is 1. The highest BCUT2D eigenvalue weighted by atomic mass is 32.1. The molecule has 0 saturated heterocycles. The van der Waals surface area contributed by atoms with Crippen molar-refractivity contribution in [2.45, 2.75) is 19.3 Å². The van der Waals surface area contributed by atoms with Crippen LogP contribution in [0, 0.1) is 17.1 Å². The summed E-state index contributed by atoms with van der Waals surface area (Å²) < 4.78 is 13.5. The van der Waals surface area contributed by atoms with Crippen LogP contribution in [0.4, 0.5) is 4.39 Å². The van der Waals surface area contributed by atoms with Crippen molar-refractivity contribution in [2.24, 2.45) is 0 Å². The van der Waals surface area contributed by atoms with Crippen molar-refractivity contribution in [2.75, 3.05) is 0 Å². The Balaban J connectivity index is 2.14. The van der Waals surface area contributed by atoms with Gasteiger partial charge in [-0.15, -0.1) is 10.2 Å². The Morgan fingerprint density at radius 2 is 2.12 bits per heavy atom. The van der Waals surface area contributed by atoms with Gasteiger partial charge in [0.2, 0.25) is 0 Å². The largest absolute Gasteiger partial charge is 0.206 e. The van der Waals surface area contributed by atoms with Crippen molar-refractivity contribution in [3.05, 3.63) is 35.1 Å². The number of nitriles is 1. The van der Waals surface area contributed by atoms with Crippen LogP contribution in [0.15, 0.2) is 24.3 Å². The second kappa shape index (κ2) is 5.51. The Morgan fingerprint density at radius 3 is 2.88 bits per heavy atom. The van der Waals surface area contributed by atoms with Crippen molar-refractivity contribution in [3.8, 4) is 16.6 Å². The number of rotatable bonds is 4. The molecule has 0 unspecified atom stereocenters. The minimum Gasteiger partial charge on any atom is -0.206 e. The number of aromatic nitrogens is 2. The summed E-state index contributed by atoms with van der Waals surface area (Å²) in [6.07, 6.45) is 2.00. The maximum absolute atomic E-state index is 13.5. The molecule has 0 N–H and O–H groups in total. The molecule has 2 rings (SSSR count). The van der Waals surface area contributed by atoms with Crippen LogP contribution in [0.5, 0.6) is 0 Å². The van der Waals surface area contributed by atoms with Crippen LogP contribution >= 0.6 is 11.3 Å². The van der Waals surface area contributed by atoms with Crippen LogP contribution in [0.3, 0.4) is 0 Å². The molecule has 1 heterocycles. The van der Waals surface area contributed by atoms with Crippen LogP contribution in [-0.2, 0) is 6.42 Å². The highest BCUT2D eigenvalue weighted by molar-refractivity contribution is 7.14. The fourth-order valence-corrected chi connectivity index (χ4v) is 2.33. The predicted molar refractivity (Wildman–Crippen MR) is 63.9 cm³/mol. The third kappa shape index (κ3) is 2.86. The molecular formula is C12H10FN3S. The molecule has 0 atom stereocenters. The third-order valence-corrected chi connectivity index (χ3v) is 3.27. The van der Waals surface area contributed by atoms with E-state index in [4.69, 9.17) is 5.26 Å². The first kappa shape index (κ1) is 11.7. The first-order chi connectivity index (χ1) is 8.31. The van der Waals surface area contributed by atoms with Crippen LogP contribution < -0.4 is 0 Å². The Kier molecular flexibility index (Phi) is 3.78. The van der Waals surface area contributed by atoms with Crippen LogP contribution in [0.1, 0.15) is 17.8 Å². The zero-order valence-corrected chi connectivity index (χ0v) is 9.88.